The quantitative estimate of drug-likeness (QED) is 0.825. The van der Waals surface area contributed by atoms with Crippen LogP contribution in [-0.4, -0.2) is 43.8 Å². The van der Waals surface area contributed by atoms with Gasteiger partial charge in [0.15, 0.2) is 0 Å². The number of unbranched alkanes of at least 4 members (excludes halogenated alkanes) is 1. The van der Waals surface area contributed by atoms with Gasteiger partial charge in [-0.25, -0.2) is 4.79 Å². The number of aryl methyl sites for hydroxylation is 1. The zero-order valence-electron chi connectivity index (χ0n) is 11.3. The van der Waals surface area contributed by atoms with Gasteiger partial charge in [-0.3, -0.25) is 0 Å². The average Bonchev–Trinajstić information content (AvgIpc) is 2.49. The lowest BCUT2D eigenvalue weighted by molar-refractivity contribution is 0.0532. The van der Waals surface area contributed by atoms with Crippen LogP contribution in [0.3, 0.4) is 0 Å². The Labute approximate surface area is 114 Å². The predicted molar refractivity (Wildman–Crippen MR) is 75.2 cm³/mol. The van der Waals surface area contributed by atoms with Crippen LogP contribution in [0.1, 0.15) is 18.4 Å². The number of nitrogens with zero attached hydrogens (tertiary/aromatic N) is 1. The molecule has 0 spiro atoms. The minimum Gasteiger partial charge on any atom is -0.378 e. The number of carbonyl (C=O) groups excluding carboxylic acids is 1. The number of carbonyl (C=O) groups is 1. The smallest absolute Gasteiger partial charge is 0.317 e. The SMILES string of the molecule is O=C(NCCCCc1ccccc1)N1CCOCC1. The monoisotopic (exact) mass is 262 g/mol. The molecule has 0 aromatic heterocycles. The van der Waals surface area contributed by atoms with Crippen LogP contribution < -0.4 is 5.32 Å². The molecule has 0 aliphatic carbocycles. The number of morpholine rings is 1. The molecule has 1 aliphatic rings. The number of nitrogens with one attached hydrogen (secondary N) is 1. The molecule has 2 amide bonds. The second-order valence-corrected chi connectivity index (χ2v) is 4.77. The molecule has 104 valence electrons. The molecule has 0 atom stereocenters. The highest BCUT2D eigenvalue weighted by atomic mass is 16.5. The standard InChI is InChI=1S/C15H22N2O2/c18-15(17-10-12-19-13-11-17)16-9-5-4-8-14-6-2-1-3-7-14/h1-3,6-7H,4-5,8-13H2,(H,16,18). The van der Waals surface area contributed by atoms with E-state index in [1.807, 2.05) is 11.0 Å². The summed E-state index contributed by atoms with van der Waals surface area (Å²) in [5.74, 6) is 0. The summed E-state index contributed by atoms with van der Waals surface area (Å²) in [5.41, 5.74) is 1.36. The number of urea groups is 1. The Morgan fingerprint density at radius 3 is 2.63 bits per heavy atom. The van der Waals surface area contributed by atoms with Gasteiger partial charge in [0.05, 0.1) is 13.2 Å². The number of ether oxygens (including phenoxy) is 1. The molecular weight excluding hydrogens is 240 g/mol. The fourth-order valence-corrected chi connectivity index (χ4v) is 2.17. The van der Waals surface area contributed by atoms with Crippen molar-refractivity contribution in [2.45, 2.75) is 19.3 Å². The van der Waals surface area contributed by atoms with E-state index in [1.165, 1.54) is 5.56 Å². The molecule has 1 heterocycles. The van der Waals surface area contributed by atoms with Crippen LogP contribution in [0.2, 0.25) is 0 Å². The molecule has 19 heavy (non-hydrogen) atoms. The van der Waals surface area contributed by atoms with Crippen molar-refractivity contribution in [2.75, 3.05) is 32.8 Å². The van der Waals surface area contributed by atoms with Crippen LogP contribution in [0.4, 0.5) is 4.79 Å². The molecule has 1 aromatic carbocycles. The van der Waals surface area contributed by atoms with Gasteiger partial charge < -0.3 is 15.0 Å². The number of hydrogen-bond donors (Lipinski definition) is 1. The van der Waals surface area contributed by atoms with E-state index in [9.17, 15) is 4.79 Å². The third kappa shape index (κ3) is 4.91. The molecule has 0 bridgehead atoms. The Hall–Kier alpha value is -1.55. The van der Waals surface area contributed by atoms with Gasteiger partial charge in [-0.05, 0) is 24.8 Å². The molecule has 0 radical (unpaired) electrons. The average molecular weight is 262 g/mol. The topological polar surface area (TPSA) is 41.6 Å². The van der Waals surface area contributed by atoms with Crippen molar-refractivity contribution in [1.29, 1.82) is 0 Å². The molecule has 4 nitrogen and oxygen atoms in total. The van der Waals surface area contributed by atoms with E-state index in [0.717, 1.165) is 25.8 Å². The molecule has 1 aliphatic heterocycles. The molecular formula is C15H22N2O2. The third-order valence-electron chi connectivity index (χ3n) is 3.31. The molecule has 1 N–H and O–H groups in total. The fraction of sp³-hybridized carbons (Fsp3) is 0.533. The van der Waals surface area contributed by atoms with E-state index in [2.05, 4.69) is 29.6 Å². The van der Waals surface area contributed by atoms with Crippen LogP contribution >= 0.6 is 0 Å². The molecule has 0 unspecified atom stereocenters. The summed E-state index contributed by atoms with van der Waals surface area (Å²) in [5, 5.41) is 2.97. The van der Waals surface area contributed by atoms with E-state index in [4.69, 9.17) is 4.74 Å². The number of benzene rings is 1. The summed E-state index contributed by atoms with van der Waals surface area (Å²) < 4.78 is 5.22. The van der Waals surface area contributed by atoms with E-state index in [-0.39, 0.29) is 6.03 Å². The molecule has 1 aromatic rings. The molecule has 1 saturated heterocycles. The first kappa shape index (κ1) is 13.9. The second kappa shape index (κ2) is 7.79. The Balaban J connectivity index is 1.55. The minimum absolute atomic E-state index is 0.0445. The van der Waals surface area contributed by atoms with Crippen molar-refractivity contribution < 1.29 is 9.53 Å². The minimum atomic E-state index is 0.0445. The summed E-state index contributed by atoms with van der Waals surface area (Å²) in [6.45, 7) is 3.47. The van der Waals surface area contributed by atoms with Gasteiger partial charge in [-0.15, -0.1) is 0 Å². The Kier molecular flexibility index (Phi) is 5.69. The molecule has 1 fully saturated rings. The lowest BCUT2D eigenvalue weighted by Crippen LogP contribution is -2.46. The van der Waals surface area contributed by atoms with Crippen molar-refractivity contribution in [3.63, 3.8) is 0 Å². The Morgan fingerprint density at radius 2 is 1.89 bits per heavy atom. The van der Waals surface area contributed by atoms with Gasteiger partial charge in [-0.1, -0.05) is 30.3 Å². The largest absolute Gasteiger partial charge is 0.378 e. The van der Waals surface area contributed by atoms with Crippen LogP contribution in [0.15, 0.2) is 30.3 Å². The Morgan fingerprint density at radius 1 is 1.16 bits per heavy atom. The lowest BCUT2D eigenvalue weighted by atomic mass is 10.1. The summed E-state index contributed by atoms with van der Waals surface area (Å²) >= 11 is 0. The van der Waals surface area contributed by atoms with Crippen molar-refractivity contribution in [3.8, 4) is 0 Å². The first-order valence-corrected chi connectivity index (χ1v) is 7.01. The summed E-state index contributed by atoms with van der Waals surface area (Å²) in [4.78, 5) is 13.6. The normalized spacial score (nSPS) is 15.3. The highest BCUT2D eigenvalue weighted by Gasteiger charge is 2.15. The second-order valence-electron chi connectivity index (χ2n) is 4.77. The van der Waals surface area contributed by atoms with Gasteiger partial charge in [0.2, 0.25) is 0 Å². The van der Waals surface area contributed by atoms with E-state index < -0.39 is 0 Å². The van der Waals surface area contributed by atoms with Gasteiger partial charge in [-0.2, -0.15) is 0 Å². The maximum atomic E-state index is 11.8. The summed E-state index contributed by atoms with van der Waals surface area (Å²) in [6.07, 6.45) is 3.20. The lowest BCUT2D eigenvalue weighted by Gasteiger charge is -2.26. The van der Waals surface area contributed by atoms with Gasteiger partial charge >= 0.3 is 6.03 Å². The predicted octanol–water partition coefficient (Wildman–Crippen LogP) is 2.05. The van der Waals surface area contributed by atoms with Crippen LogP contribution in [-0.2, 0) is 11.2 Å². The molecule has 2 rings (SSSR count). The van der Waals surface area contributed by atoms with Gasteiger partial charge in [0.1, 0.15) is 0 Å². The maximum Gasteiger partial charge on any atom is 0.317 e. The summed E-state index contributed by atoms with van der Waals surface area (Å²) in [7, 11) is 0. The summed E-state index contributed by atoms with van der Waals surface area (Å²) in [6, 6.07) is 10.5. The van der Waals surface area contributed by atoms with E-state index >= 15 is 0 Å². The third-order valence-corrected chi connectivity index (χ3v) is 3.31. The zero-order valence-corrected chi connectivity index (χ0v) is 11.3. The van der Waals surface area contributed by atoms with Crippen LogP contribution in [0.5, 0.6) is 0 Å². The first-order chi connectivity index (χ1) is 9.36. The Bertz CT molecular complexity index is 375. The first-order valence-electron chi connectivity index (χ1n) is 7.01. The van der Waals surface area contributed by atoms with Crippen molar-refractivity contribution in [3.05, 3.63) is 35.9 Å². The number of rotatable bonds is 5. The van der Waals surface area contributed by atoms with Crippen molar-refractivity contribution in [2.24, 2.45) is 0 Å². The van der Waals surface area contributed by atoms with Gasteiger partial charge in [0.25, 0.3) is 0 Å². The molecule has 4 heteroatoms. The van der Waals surface area contributed by atoms with Crippen LogP contribution in [0.25, 0.3) is 0 Å². The fourth-order valence-electron chi connectivity index (χ4n) is 2.17. The highest BCUT2D eigenvalue weighted by Crippen LogP contribution is 2.04. The van der Waals surface area contributed by atoms with Crippen molar-refractivity contribution >= 4 is 6.03 Å². The number of amides is 2. The molecule has 0 saturated carbocycles. The highest BCUT2D eigenvalue weighted by molar-refractivity contribution is 5.74. The van der Waals surface area contributed by atoms with Crippen molar-refractivity contribution in [1.82, 2.24) is 10.2 Å². The zero-order chi connectivity index (χ0) is 13.3. The van der Waals surface area contributed by atoms with Crippen LogP contribution in [0, 0.1) is 0 Å². The maximum absolute atomic E-state index is 11.8. The number of hydrogen-bond acceptors (Lipinski definition) is 2. The van der Waals surface area contributed by atoms with E-state index in [1.54, 1.807) is 0 Å². The van der Waals surface area contributed by atoms with Gasteiger partial charge in [0, 0.05) is 19.6 Å². The van der Waals surface area contributed by atoms with E-state index in [0.29, 0.717) is 26.3 Å².